The Balaban J connectivity index is 1.43. The Morgan fingerprint density at radius 3 is 2.23 bits per heavy atom. The van der Waals surface area contributed by atoms with Crippen LogP contribution in [0.3, 0.4) is 0 Å². The Morgan fingerprint density at radius 2 is 1.61 bits per heavy atom. The number of hydrogen-bond acceptors (Lipinski definition) is 3. The molecule has 0 heterocycles. The predicted octanol–water partition coefficient (Wildman–Crippen LogP) is 4.75. The summed E-state index contributed by atoms with van der Waals surface area (Å²) in [6.07, 6.45) is -0.792. The predicted molar refractivity (Wildman–Crippen MR) is 114 cm³/mol. The van der Waals surface area contributed by atoms with Crippen molar-refractivity contribution in [2.45, 2.75) is 24.8 Å². The maximum Gasteiger partial charge on any atom is 0.407 e. The SMILES string of the molecule is O=C(O)CC(Cc1cccc(F)c1)NC(=O)OCC1c2ccccc2-c2ccccc21. The molecule has 0 aliphatic heterocycles. The topological polar surface area (TPSA) is 75.6 Å². The molecule has 2 N–H and O–H groups in total. The molecule has 4 rings (SSSR count). The third-order valence-electron chi connectivity index (χ3n) is 5.46. The van der Waals surface area contributed by atoms with Crippen LogP contribution in [0.4, 0.5) is 9.18 Å². The lowest BCUT2D eigenvalue weighted by Gasteiger charge is -2.19. The molecule has 1 aliphatic rings. The fraction of sp³-hybridized carbons (Fsp3) is 0.200. The number of benzene rings is 3. The average Bonchev–Trinajstić information content (AvgIpc) is 3.06. The third-order valence-corrected chi connectivity index (χ3v) is 5.46. The zero-order valence-electron chi connectivity index (χ0n) is 16.8. The van der Waals surface area contributed by atoms with Crippen molar-refractivity contribution in [3.05, 3.63) is 95.3 Å². The second-order valence-electron chi connectivity index (χ2n) is 7.60. The van der Waals surface area contributed by atoms with E-state index >= 15 is 0 Å². The van der Waals surface area contributed by atoms with Crippen molar-refractivity contribution in [2.24, 2.45) is 0 Å². The first-order valence-corrected chi connectivity index (χ1v) is 10.1. The van der Waals surface area contributed by atoms with E-state index in [2.05, 4.69) is 17.4 Å². The summed E-state index contributed by atoms with van der Waals surface area (Å²) in [5, 5.41) is 11.8. The van der Waals surface area contributed by atoms with Crippen LogP contribution in [0.5, 0.6) is 0 Å². The molecular formula is C25H22FNO4. The minimum absolute atomic E-state index is 0.0840. The van der Waals surface area contributed by atoms with Gasteiger partial charge in [0.05, 0.1) is 6.42 Å². The van der Waals surface area contributed by atoms with Crippen molar-refractivity contribution in [1.82, 2.24) is 5.32 Å². The molecule has 0 saturated carbocycles. The van der Waals surface area contributed by atoms with Crippen LogP contribution in [0, 0.1) is 5.82 Å². The molecule has 6 heteroatoms. The Hall–Kier alpha value is -3.67. The van der Waals surface area contributed by atoms with Crippen molar-refractivity contribution in [3.63, 3.8) is 0 Å². The van der Waals surface area contributed by atoms with Crippen LogP contribution < -0.4 is 5.32 Å². The standard InChI is InChI=1S/C25H22FNO4/c26-17-7-5-6-16(12-17)13-18(14-24(28)29)27-25(30)31-15-23-21-10-3-1-8-19(21)20-9-2-4-11-22(20)23/h1-12,18,23H,13-15H2,(H,27,30)(H,28,29). The van der Waals surface area contributed by atoms with E-state index in [0.29, 0.717) is 5.56 Å². The molecule has 1 amide bonds. The summed E-state index contributed by atoms with van der Waals surface area (Å²) < 4.78 is 18.9. The number of carbonyl (C=O) groups excluding carboxylic acids is 1. The summed E-state index contributed by atoms with van der Waals surface area (Å²) in [4.78, 5) is 23.7. The fourth-order valence-corrected chi connectivity index (χ4v) is 4.14. The third kappa shape index (κ3) is 4.74. The molecule has 158 valence electrons. The second kappa shape index (κ2) is 9.00. The lowest BCUT2D eigenvalue weighted by Crippen LogP contribution is -2.39. The Morgan fingerprint density at radius 1 is 0.968 bits per heavy atom. The van der Waals surface area contributed by atoms with Crippen LogP contribution >= 0.6 is 0 Å². The fourth-order valence-electron chi connectivity index (χ4n) is 4.14. The first-order valence-electron chi connectivity index (χ1n) is 10.1. The molecule has 1 atom stereocenters. The van der Waals surface area contributed by atoms with Gasteiger partial charge in [0.25, 0.3) is 0 Å². The largest absolute Gasteiger partial charge is 0.481 e. The molecule has 0 aromatic heterocycles. The second-order valence-corrected chi connectivity index (χ2v) is 7.60. The number of aliphatic carboxylic acids is 1. The van der Waals surface area contributed by atoms with Crippen molar-refractivity contribution >= 4 is 12.1 Å². The Labute approximate surface area is 179 Å². The van der Waals surface area contributed by atoms with E-state index in [0.717, 1.165) is 22.3 Å². The summed E-state index contributed by atoms with van der Waals surface area (Å²) >= 11 is 0. The van der Waals surface area contributed by atoms with E-state index in [4.69, 9.17) is 4.74 Å². The highest BCUT2D eigenvalue weighted by Crippen LogP contribution is 2.44. The van der Waals surface area contributed by atoms with Gasteiger partial charge in [-0.2, -0.15) is 0 Å². The van der Waals surface area contributed by atoms with Gasteiger partial charge in [0.1, 0.15) is 12.4 Å². The zero-order valence-corrected chi connectivity index (χ0v) is 16.8. The zero-order chi connectivity index (χ0) is 21.8. The molecule has 5 nitrogen and oxygen atoms in total. The van der Waals surface area contributed by atoms with Crippen LogP contribution in [0.15, 0.2) is 72.8 Å². The highest BCUT2D eigenvalue weighted by atomic mass is 19.1. The normalized spacial score (nSPS) is 13.2. The number of carboxylic acids is 1. The molecule has 0 saturated heterocycles. The summed E-state index contributed by atoms with van der Waals surface area (Å²) in [6.45, 7) is 0.139. The van der Waals surface area contributed by atoms with E-state index in [9.17, 15) is 19.1 Å². The van der Waals surface area contributed by atoms with Crippen molar-refractivity contribution in [3.8, 4) is 11.1 Å². The minimum atomic E-state index is -1.06. The molecule has 3 aromatic carbocycles. The van der Waals surface area contributed by atoms with Crippen LogP contribution in [-0.2, 0) is 16.0 Å². The van der Waals surface area contributed by atoms with Crippen molar-refractivity contribution < 1.29 is 23.8 Å². The summed E-state index contributed by atoms with van der Waals surface area (Å²) in [6, 6.07) is 21.2. The summed E-state index contributed by atoms with van der Waals surface area (Å²) in [7, 11) is 0. The Bertz CT molecular complexity index is 1070. The van der Waals surface area contributed by atoms with Gasteiger partial charge >= 0.3 is 12.1 Å². The van der Waals surface area contributed by atoms with Gasteiger partial charge in [-0.05, 0) is 46.4 Å². The number of halogens is 1. The quantitative estimate of drug-likeness (QED) is 0.580. The number of nitrogens with one attached hydrogen (secondary N) is 1. The number of carboxylic acid groups (broad SMARTS) is 1. The number of fused-ring (bicyclic) bond motifs is 3. The number of rotatable bonds is 7. The highest BCUT2D eigenvalue weighted by molar-refractivity contribution is 5.79. The average molecular weight is 419 g/mol. The smallest absolute Gasteiger partial charge is 0.407 e. The molecule has 0 fully saturated rings. The van der Waals surface area contributed by atoms with Crippen LogP contribution in [0.25, 0.3) is 11.1 Å². The molecular weight excluding hydrogens is 397 g/mol. The summed E-state index contributed by atoms with van der Waals surface area (Å²) in [5.74, 6) is -1.55. The van der Waals surface area contributed by atoms with Gasteiger partial charge in [-0.1, -0.05) is 60.7 Å². The van der Waals surface area contributed by atoms with Crippen LogP contribution in [0.2, 0.25) is 0 Å². The molecule has 31 heavy (non-hydrogen) atoms. The summed E-state index contributed by atoms with van der Waals surface area (Å²) in [5.41, 5.74) is 5.05. The Kier molecular flexibility index (Phi) is 5.98. The monoisotopic (exact) mass is 419 g/mol. The molecule has 3 aromatic rings. The number of ether oxygens (including phenoxy) is 1. The number of amides is 1. The van der Waals surface area contributed by atoms with Gasteiger partial charge in [0, 0.05) is 12.0 Å². The number of carbonyl (C=O) groups is 2. The molecule has 1 aliphatic carbocycles. The van der Waals surface area contributed by atoms with E-state index < -0.39 is 23.9 Å². The molecule has 0 spiro atoms. The van der Waals surface area contributed by atoms with Gasteiger partial charge in [-0.25, -0.2) is 9.18 Å². The van der Waals surface area contributed by atoms with E-state index in [1.165, 1.54) is 12.1 Å². The van der Waals surface area contributed by atoms with Gasteiger partial charge < -0.3 is 15.2 Å². The van der Waals surface area contributed by atoms with Gasteiger partial charge in [-0.15, -0.1) is 0 Å². The first-order chi connectivity index (χ1) is 15.0. The highest BCUT2D eigenvalue weighted by Gasteiger charge is 2.29. The maximum absolute atomic E-state index is 13.5. The van der Waals surface area contributed by atoms with Crippen molar-refractivity contribution in [2.75, 3.05) is 6.61 Å². The number of hydrogen-bond donors (Lipinski definition) is 2. The molecule has 1 unspecified atom stereocenters. The van der Waals surface area contributed by atoms with Crippen LogP contribution in [0.1, 0.15) is 29.0 Å². The van der Waals surface area contributed by atoms with E-state index in [-0.39, 0.29) is 25.4 Å². The lowest BCUT2D eigenvalue weighted by molar-refractivity contribution is -0.137. The van der Waals surface area contributed by atoms with Gasteiger partial charge in [-0.3, -0.25) is 4.79 Å². The first kappa shape index (κ1) is 20.6. The van der Waals surface area contributed by atoms with E-state index in [1.54, 1.807) is 12.1 Å². The van der Waals surface area contributed by atoms with Crippen molar-refractivity contribution in [1.29, 1.82) is 0 Å². The van der Waals surface area contributed by atoms with Crippen LogP contribution in [-0.4, -0.2) is 29.8 Å². The maximum atomic E-state index is 13.5. The van der Waals surface area contributed by atoms with E-state index in [1.807, 2.05) is 36.4 Å². The van der Waals surface area contributed by atoms with Gasteiger partial charge in [0.15, 0.2) is 0 Å². The lowest BCUT2D eigenvalue weighted by atomic mass is 9.98. The number of alkyl carbamates (subject to hydrolysis) is 1. The van der Waals surface area contributed by atoms with Gasteiger partial charge in [0.2, 0.25) is 0 Å². The molecule has 0 bridgehead atoms. The molecule has 0 radical (unpaired) electrons. The minimum Gasteiger partial charge on any atom is -0.481 e.